The summed E-state index contributed by atoms with van der Waals surface area (Å²) in [5.41, 5.74) is 1.11. The van der Waals surface area contributed by atoms with Crippen molar-refractivity contribution in [3.8, 4) is 0 Å². The molecule has 98 valence electrons. The van der Waals surface area contributed by atoms with Crippen molar-refractivity contribution < 1.29 is 4.74 Å². The van der Waals surface area contributed by atoms with Crippen molar-refractivity contribution >= 4 is 5.82 Å². The van der Waals surface area contributed by atoms with E-state index >= 15 is 0 Å². The van der Waals surface area contributed by atoms with Crippen LogP contribution in [0.2, 0.25) is 0 Å². The second-order valence-corrected chi connectivity index (χ2v) is 5.06. The van der Waals surface area contributed by atoms with Gasteiger partial charge in [0.25, 0.3) is 0 Å². The molecule has 0 aliphatic carbocycles. The first-order valence-electron chi connectivity index (χ1n) is 6.79. The van der Waals surface area contributed by atoms with E-state index in [0.29, 0.717) is 12.0 Å². The maximum atomic E-state index is 5.41. The van der Waals surface area contributed by atoms with Crippen molar-refractivity contribution in [1.82, 2.24) is 15.3 Å². The van der Waals surface area contributed by atoms with Crippen LogP contribution in [0, 0.1) is 0 Å². The predicted octanol–water partition coefficient (Wildman–Crippen LogP) is 1.14. The van der Waals surface area contributed by atoms with Crippen molar-refractivity contribution in [1.29, 1.82) is 0 Å². The molecule has 2 aliphatic heterocycles. The first-order valence-corrected chi connectivity index (χ1v) is 6.79. The van der Waals surface area contributed by atoms with Gasteiger partial charge in [0.2, 0.25) is 0 Å². The van der Waals surface area contributed by atoms with Gasteiger partial charge in [-0.1, -0.05) is 0 Å². The molecule has 1 aromatic rings. The van der Waals surface area contributed by atoms with Crippen LogP contribution in [-0.4, -0.2) is 42.3 Å². The third kappa shape index (κ3) is 2.79. The Morgan fingerprint density at radius 1 is 1.22 bits per heavy atom. The summed E-state index contributed by atoms with van der Waals surface area (Å²) >= 11 is 0. The van der Waals surface area contributed by atoms with Crippen molar-refractivity contribution in [3.05, 3.63) is 18.1 Å². The van der Waals surface area contributed by atoms with Crippen LogP contribution in [0.1, 0.15) is 30.9 Å². The van der Waals surface area contributed by atoms with Crippen LogP contribution in [0.25, 0.3) is 0 Å². The first kappa shape index (κ1) is 11.9. The smallest absolute Gasteiger partial charge is 0.129 e. The third-order valence-electron chi connectivity index (χ3n) is 3.73. The molecule has 18 heavy (non-hydrogen) atoms. The van der Waals surface area contributed by atoms with E-state index in [1.165, 1.54) is 0 Å². The highest BCUT2D eigenvalue weighted by Gasteiger charge is 2.20. The van der Waals surface area contributed by atoms with Gasteiger partial charge < -0.3 is 15.4 Å². The lowest BCUT2D eigenvalue weighted by Gasteiger charge is -2.24. The summed E-state index contributed by atoms with van der Waals surface area (Å²) in [6.07, 6.45) is 5.05. The largest absolute Gasteiger partial charge is 0.381 e. The van der Waals surface area contributed by atoms with Gasteiger partial charge in [0.05, 0.1) is 12.3 Å². The van der Waals surface area contributed by atoms with Gasteiger partial charge >= 0.3 is 0 Å². The molecule has 1 aromatic heterocycles. The zero-order chi connectivity index (χ0) is 12.2. The fourth-order valence-corrected chi connectivity index (χ4v) is 2.62. The van der Waals surface area contributed by atoms with Gasteiger partial charge in [-0.25, -0.2) is 9.97 Å². The Hall–Kier alpha value is -1.20. The van der Waals surface area contributed by atoms with Crippen molar-refractivity contribution in [2.75, 3.05) is 31.6 Å². The number of hydrogen-bond acceptors (Lipinski definition) is 5. The fourth-order valence-electron chi connectivity index (χ4n) is 2.62. The maximum Gasteiger partial charge on any atom is 0.129 e. The molecule has 2 saturated heterocycles. The van der Waals surface area contributed by atoms with E-state index in [4.69, 9.17) is 4.74 Å². The van der Waals surface area contributed by atoms with Gasteiger partial charge in [-0.2, -0.15) is 0 Å². The van der Waals surface area contributed by atoms with E-state index in [1.807, 2.05) is 0 Å². The van der Waals surface area contributed by atoms with E-state index in [0.717, 1.165) is 57.1 Å². The Labute approximate surface area is 107 Å². The molecule has 2 N–H and O–H groups in total. The van der Waals surface area contributed by atoms with Crippen LogP contribution in [0.15, 0.2) is 12.4 Å². The Morgan fingerprint density at radius 3 is 2.89 bits per heavy atom. The highest BCUT2D eigenvalue weighted by molar-refractivity contribution is 5.37. The normalized spacial score (nSPS) is 25.2. The van der Waals surface area contributed by atoms with Crippen LogP contribution in [0.5, 0.6) is 0 Å². The quantitative estimate of drug-likeness (QED) is 0.840. The van der Waals surface area contributed by atoms with Crippen LogP contribution in [0.3, 0.4) is 0 Å². The summed E-state index contributed by atoms with van der Waals surface area (Å²) in [7, 11) is 0. The summed E-state index contributed by atoms with van der Waals surface area (Å²) in [5.74, 6) is 1.40. The molecule has 3 heterocycles. The highest BCUT2D eigenvalue weighted by atomic mass is 16.5. The van der Waals surface area contributed by atoms with Crippen molar-refractivity contribution in [3.63, 3.8) is 0 Å². The number of piperidine rings is 1. The molecule has 5 heteroatoms. The Balaban J connectivity index is 1.66. The van der Waals surface area contributed by atoms with Gasteiger partial charge in [-0.3, -0.25) is 0 Å². The molecule has 1 atom stereocenters. The zero-order valence-corrected chi connectivity index (χ0v) is 10.6. The molecule has 0 spiro atoms. The lowest BCUT2D eigenvalue weighted by atomic mass is 10.0. The summed E-state index contributed by atoms with van der Waals surface area (Å²) in [5, 5.41) is 6.88. The van der Waals surface area contributed by atoms with E-state index in [1.54, 1.807) is 6.33 Å². The molecule has 2 fully saturated rings. The van der Waals surface area contributed by atoms with E-state index in [9.17, 15) is 0 Å². The van der Waals surface area contributed by atoms with Crippen LogP contribution >= 0.6 is 0 Å². The lowest BCUT2D eigenvalue weighted by molar-refractivity contribution is 0.193. The second kappa shape index (κ2) is 5.63. The molecule has 0 bridgehead atoms. The lowest BCUT2D eigenvalue weighted by Crippen LogP contribution is -2.35. The first-order chi connectivity index (χ1) is 8.92. The van der Waals surface area contributed by atoms with Crippen LogP contribution in [-0.2, 0) is 4.74 Å². The van der Waals surface area contributed by atoms with Gasteiger partial charge in [0.15, 0.2) is 0 Å². The van der Waals surface area contributed by atoms with E-state index in [2.05, 4.69) is 26.7 Å². The molecule has 0 amide bonds. The summed E-state index contributed by atoms with van der Waals surface area (Å²) in [4.78, 5) is 8.69. The highest BCUT2D eigenvalue weighted by Crippen LogP contribution is 2.24. The average Bonchev–Trinajstić information content (AvgIpc) is 2.94. The second-order valence-electron chi connectivity index (χ2n) is 5.06. The topological polar surface area (TPSA) is 59.1 Å². The van der Waals surface area contributed by atoms with Crippen molar-refractivity contribution in [2.45, 2.75) is 31.2 Å². The minimum Gasteiger partial charge on any atom is -0.381 e. The van der Waals surface area contributed by atoms with Crippen LogP contribution in [0.4, 0.5) is 5.82 Å². The molecule has 0 saturated carbocycles. The van der Waals surface area contributed by atoms with Gasteiger partial charge in [0, 0.05) is 24.6 Å². The summed E-state index contributed by atoms with van der Waals surface area (Å²) in [6, 6.07) is 2.62. The Kier molecular flexibility index (Phi) is 3.71. The molecule has 5 nitrogen and oxygen atoms in total. The SMILES string of the molecule is c1nc(NC2CCNCC2)cc(C2CCOC2)n1. The number of rotatable bonds is 3. The number of nitrogens with zero attached hydrogens (tertiary/aromatic N) is 2. The Bertz CT molecular complexity index is 386. The standard InChI is InChI=1S/C13H20N4O/c1-4-14-5-2-11(1)17-13-7-12(15-9-16-13)10-3-6-18-8-10/h7,9-11,14H,1-6,8H2,(H,15,16,17). The van der Waals surface area contributed by atoms with Crippen LogP contribution < -0.4 is 10.6 Å². The number of anilines is 1. The molecule has 0 aromatic carbocycles. The molecule has 2 aliphatic rings. The number of hydrogen-bond donors (Lipinski definition) is 2. The molecular weight excluding hydrogens is 228 g/mol. The molecular formula is C13H20N4O. The maximum absolute atomic E-state index is 5.41. The summed E-state index contributed by atoms with van der Waals surface area (Å²) < 4.78 is 5.41. The Morgan fingerprint density at radius 2 is 2.11 bits per heavy atom. The number of nitrogens with one attached hydrogen (secondary N) is 2. The van der Waals surface area contributed by atoms with E-state index < -0.39 is 0 Å². The van der Waals surface area contributed by atoms with Gasteiger partial charge in [0.1, 0.15) is 12.1 Å². The van der Waals surface area contributed by atoms with E-state index in [-0.39, 0.29) is 0 Å². The molecule has 1 unspecified atom stereocenters. The van der Waals surface area contributed by atoms with Gasteiger partial charge in [-0.15, -0.1) is 0 Å². The fraction of sp³-hybridized carbons (Fsp3) is 0.692. The predicted molar refractivity (Wildman–Crippen MR) is 69.7 cm³/mol. The number of ether oxygens (including phenoxy) is 1. The van der Waals surface area contributed by atoms with Crippen molar-refractivity contribution in [2.24, 2.45) is 0 Å². The zero-order valence-electron chi connectivity index (χ0n) is 10.6. The molecule has 0 radical (unpaired) electrons. The minimum atomic E-state index is 0.446. The minimum absolute atomic E-state index is 0.446. The monoisotopic (exact) mass is 248 g/mol. The van der Waals surface area contributed by atoms with Gasteiger partial charge in [-0.05, 0) is 32.4 Å². The third-order valence-corrected chi connectivity index (χ3v) is 3.73. The molecule has 3 rings (SSSR count). The number of aromatic nitrogens is 2. The summed E-state index contributed by atoms with van der Waals surface area (Å²) in [6.45, 7) is 3.83. The average molecular weight is 248 g/mol.